The topological polar surface area (TPSA) is 98.5 Å². The van der Waals surface area contributed by atoms with Gasteiger partial charge >= 0.3 is 5.97 Å². The van der Waals surface area contributed by atoms with Crippen LogP contribution >= 0.6 is 0 Å². The van der Waals surface area contributed by atoms with Crippen molar-refractivity contribution >= 4 is 27.4 Å². The zero-order valence-electron chi connectivity index (χ0n) is 9.34. The molecule has 0 unspecified atom stereocenters. The molecule has 0 aliphatic carbocycles. The third-order valence-electron chi connectivity index (χ3n) is 1.77. The van der Waals surface area contributed by atoms with E-state index in [4.69, 9.17) is 5.73 Å². The smallest absolute Gasteiger partial charge is 0.323 e. The minimum Gasteiger partial charge on any atom is -0.465 e. The third-order valence-corrected chi connectivity index (χ3v) is 2.94. The second-order valence-electron chi connectivity index (χ2n) is 3.29. The Kier molecular flexibility index (Phi) is 4.33. The number of esters is 1. The van der Waals surface area contributed by atoms with Crippen LogP contribution in [0.4, 0.5) is 11.4 Å². The number of sulfonamides is 1. The third kappa shape index (κ3) is 4.73. The predicted octanol–water partition coefficient (Wildman–Crippen LogP) is 0.574. The highest BCUT2D eigenvalue weighted by atomic mass is 32.2. The molecule has 0 amide bonds. The minimum absolute atomic E-state index is 0.145. The summed E-state index contributed by atoms with van der Waals surface area (Å²) >= 11 is 0. The van der Waals surface area contributed by atoms with E-state index in [2.05, 4.69) is 9.46 Å². The first kappa shape index (κ1) is 13.3. The minimum atomic E-state index is -3.75. The number of nitrogens with one attached hydrogen (secondary N) is 1. The lowest BCUT2D eigenvalue weighted by Crippen LogP contribution is -2.24. The number of anilines is 2. The first-order valence-electron chi connectivity index (χ1n) is 4.94. The van der Waals surface area contributed by atoms with E-state index >= 15 is 0 Å². The molecule has 0 bridgehead atoms. The highest BCUT2D eigenvalue weighted by Crippen LogP contribution is 2.13. The van der Waals surface area contributed by atoms with Crippen LogP contribution < -0.4 is 10.5 Å². The van der Waals surface area contributed by atoms with Gasteiger partial charge in [0.1, 0.15) is 0 Å². The first-order valence-corrected chi connectivity index (χ1v) is 6.60. The summed E-state index contributed by atoms with van der Waals surface area (Å²) in [7, 11) is -3.75. The number of nitrogen functional groups attached to an aromatic ring is 1. The molecule has 1 rings (SSSR count). The second-order valence-corrected chi connectivity index (χ2v) is 5.01. The van der Waals surface area contributed by atoms with Crippen molar-refractivity contribution in [2.45, 2.75) is 6.92 Å². The Balaban J connectivity index is 2.70. The summed E-state index contributed by atoms with van der Waals surface area (Å²) in [5.74, 6) is -1.50. The molecule has 1 aromatic carbocycles. The van der Waals surface area contributed by atoms with Crippen molar-refractivity contribution in [3.63, 3.8) is 0 Å². The Bertz CT molecular complexity index is 499. The Morgan fingerprint density at radius 2 is 2.18 bits per heavy atom. The van der Waals surface area contributed by atoms with E-state index < -0.39 is 21.7 Å². The molecule has 0 saturated carbocycles. The molecule has 3 N–H and O–H groups in total. The van der Waals surface area contributed by atoms with E-state index in [0.29, 0.717) is 11.4 Å². The molecule has 17 heavy (non-hydrogen) atoms. The van der Waals surface area contributed by atoms with Gasteiger partial charge in [-0.25, -0.2) is 8.42 Å². The molecular formula is C10H14N2O4S. The van der Waals surface area contributed by atoms with Crippen molar-refractivity contribution in [3.8, 4) is 0 Å². The van der Waals surface area contributed by atoms with E-state index in [0.717, 1.165) is 0 Å². The Labute approximate surface area is 99.8 Å². The molecule has 6 nitrogen and oxygen atoms in total. The van der Waals surface area contributed by atoms with Crippen LogP contribution in [-0.4, -0.2) is 26.7 Å². The SMILES string of the molecule is CCOC(=O)CS(=O)(=O)Nc1cccc(N)c1. The number of hydrogen-bond donors (Lipinski definition) is 2. The lowest BCUT2D eigenvalue weighted by molar-refractivity contribution is -0.139. The van der Waals surface area contributed by atoms with Gasteiger partial charge in [-0.1, -0.05) is 6.07 Å². The van der Waals surface area contributed by atoms with Gasteiger partial charge in [-0.3, -0.25) is 9.52 Å². The molecule has 0 aromatic heterocycles. The summed E-state index contributed by atoms with van der Waals surface area (Å²) in [6.45, 7) is 1.75. The molecule has 0 aliphatic rings. The number of ether oxygens (including phenoxy) is 1. The average Bonchev–Trinajstić information content (AvgIpc) is 2.15. The summed E-state index contributed by atoms with van der Waals surface area (Å²) in [6.07, 6.45) is 0. The molecule has 0 fully saturated rings. The fraction of sp³-hybridized carbons (Fsp3) is 0.300. The normalized spacial score (nSPS) is 10.9. The van der Waals surface area contributed by atoms with Gasteiger partial charge in [0.2, 0.25) is 10.0 Å². The van der Waals surface area contributed by atoms with Gasteiger partial charge in [0.05, 0.1) is 12.3 Å². The Morgan fingerprint density at radius 1 is 1.47 bits per heavy atom. The van der Waals surface area contributed by atoms with Gasteiger partial charge in [-0.15, -0.1) is 0 Å². The monoisotopic (exact) mass is 258 g/mol. The number of nitrogens with two attached hydrogens (primary N) is 1. The lowest BCUT2D eigenvalue weighted by atomic mass is 10.3. The van der Waals surface area contributed by atoms with Crippen LogP contribution in [0.15, 0.2) is 24.3 Å². The van der Waals surface area contributed by atoms with Crippen LogP contribution in [0.25, 0.3) is 0 Å². The number of rotatable bonds is 5. The first-order chi connectivity index (χ1) is 7.93. The number of carbonyl (C=O) groups is 1. The van der Waals surface area contributed by atoms with E-state index in [1.165, 1.54) is 6.07 Å². The highest BCUT2D eigenvalue weighted by molar-refractivity contribution is 7.93. The van der Waals surface area contributed by atoms with E-state index in [1.54, 1.807) is 25.1 Å². The van der Waals surface area contributed by atoms with Crippen LogP contribution in [0.2, 0.25) is 0 Å². The van der Waals surface area contributed by atoms with Gasteiger partial charge in [-0.2, -0.15) is 0 Å². The number of hydrogen-bond acceptors (Lipinski definition) is 5. The maximum atomic E-state index is 11.5. The summed E-state index contributed by atoms with van der Waals surface area (Å²) < 4.78 is 29.9. The summed E-state index contributed by atoms with van der Waals surface area (Å²) in [4.78, 5) is 11.0. The molecule has 7 heteroatoms. The van der Waals surface area contributed by atoms with Crippen molar-refractivity contribution in [1.29, 1.82) is 0 Å². The van der Waals surface area contributed by atoms with Crippen molar-refractivity contribution in [1.82, 2.24) is 0 Å². The van der Waals surface area contributed by atoms with Crippen molar-refractivity contribution in [3.05, 3.63) is 24.3 Å². The van der Waals surface area contributed by atoms with Crippen LogP contribution in [0.5, 0.6) is 0 Å². The molecule has 0 saturated heterocycles. The van der Waals surface area contributed by atoms with E-state index in [-0.39, 0.29) is 6.61 Å². The summed E-state index contributed by atoms with van der Waals surface area (Å²) in [5, 5.41) is 0. The summed E-state index contributed by atoms with van der Waals surface area (Å²) in [6, 6.07) is 6.24. The van der Waals surface area contributed by atoms with Gasteiger partial charge in [0.25, 0.3) is 0 Å². The van der Waals surface area contributed by atoms with Crippen LogP contribution in [0.1, 0.15) is 6.92 Å². The van der Waals surface area contributed by atoms with Crippen LogP contribution in [0.3, 0.4) is 0 Å². The lowest BCUT2D eigenvalue weighted by Gasteiger charge is -2.07. The van der Waals surface area contributed by atoms with Crippen molar-refractivity contribution in [2.24, 2.45) is 0 Å². The molecule has 0 spiro atoms. The quantitative estimate of drug-likeness (QED) is 0.594. The highest BCUT2D eigenvalue weighted by Gasteiger charge is 2.17. The fourth-order valence-corrected chi connectivity index (χ4v) is 2.13. The van der Waals surface area contributed by atoms with Crippen molar-refractivity contribution in [2.75, 3.05) is 22.8 Å². The zero-order valence-corrected chi connectivity index (χ0v) is 10.2. The molecule has 0 radical (unpaired) electrons. The molecular weight excluding hydrogens is 244 g/mol. The van der Waals surface area contributed by atoms with Crippen LogP contribution in [-0.2, 0) is 19.6 Å². The maximum Gasteiger partial charge on any atom is 0.323 e. The van der Waals surface area contributed by atoms with Crippen LogP contribution in [0, 0.1) is 0 Å². The van der Waals surface area contributed by atoms with E-state index in [9.17, 15) is 13.2 Å². The predicted molar refractivity (Wildman–Crippen MR) is 64.9 cm³/mol. The van der Waals surface area contributed by atoms with Gasteiger partial charge < -0.3 is 10.5 Å². The summed E-state index contributed by atoms with van der Waals surface area (Å²) in [5.41, 5.74) is 6.25. The molecule has 0 atom stereocenters. The maximum absolute atomic E-state index is 11.5. The standard InChI is InChI=1S/C10H14N2O4S/c1-2-16-10(13)7-17(14,15)12-9-5-3-4-8(11)6-9/h3-6,12H,2,7,11H2,1H3. The number of benzene rings is 1. The number of carbonyl (C=O) groups excluding carboxylic acids is 1. The van der Waals surface area contributed by atoms with Crippen molar-refractivity contribution < 1.29 is 17.9 Å². The molecule has 0 heterocycles. The van der Waals surface area contributed by atoms with Gasteiger partial charge in [0, 0.05) is 5.69 Å². The average molecular weight is 258 g/mol. The van der Waals surface area contributed by atoms with Gasteiger partial charge in [0.15, 0.2) is 5.75 Å². The zero-order chi connectivity index (χ0) is 12.9. The fourth-order valence-electron chi connectivity index (χ4n) is 1.18. The largest absolute Gasteiger partial charge is 0.465 e. The molecule has 1 aromatic rings. The Morgan fingerprint density at radius 3 is 2.76 bits per heavy atom. The van der Waals surface area contributed by atoms with E-state index in [1.807, 2.05) is 0 Å². The Hall–Kier alpha value is -1.76. The second kappa shape index (κ2) is 5.53. The molecule has 0 aliphatic heterocycles. The molecule has 94 valence electrons. The van der Waals surface area contributed by atoms with Gasteiger partial charge in [-0.05, 0) is 25.1 Å².